The normalized spacial score (nSPS) is 13.1. The van der Waals surface area contributed by atoms with Crippen molar-refractivity contribution < 1.29 is 4.42 Å². The van der Waals surface area contributed by atoms with Crippen LogP contribution in [0.2, 0.25) is 0 Å². The van der Waals surface area contributed by atoms with Crippen LogP contribution in [0.1, 0.15) is 25.0 Å². The molecule has 3 aromatic heterocycles. The minimum atomic E-state index is -0.116. The number of aromatic nitrogens is 2. The van der Waals surface area contributed by atoms with Gasteiger partial charge in [0, 0.05) is 54.7 Å². The van der Waals surface area contributed by atoms with Crippen LogP contribution in [-0.2, 0) is 5.41 Å². The lowest BCUT2D eigenvalue weighted by molar-refractivity contribution is 0.660. The van der Waals surface area contributed by atoms with Crippen LogP contribution in [0.3, 0.4) is 0 Å². The number of hydrogen-bond acceptors (Lipinski definition) is 1. The van der Waals surface area contributed by atoms with Gasteiger partial charge in [0.1, 0.15) is 11.2 Å². The van der Waals surface area contributed by atoms with Crippen molar-refractivity contribution in [2.75, 3.05) is 0 Å². The van der Waals surface area contributed by atoms with Crippen LogP contribution in [0.5, 0.6) is 0 Å². The summed E-state index contributed by atoms with van der Waals surface area (Å²) in [5.74, 6) is 0. The monoisotopic (exact) mass is 842 g/mol. The topological polar surface area (TPSA) is 23.0 Å². The average Bonchev–Trinajstić information content (AvgIpc) is 4.08. The first-order chi connectivity index (χ1) is 32.5. The van der Waals surface area contributed by atoms with Gasteiger partial charge in [-0.1, -0.05) is 153 Å². The first kappa shape index (κ1) is 37.0. The molecule has 0 saturated carbocycles. The zero-order valence-corrected chi connectivity index (χ0v) is 36.6. The van der Waals surface area contributed by atoms with Gasteiger partial charge in [0.25, 0.3) is 0 Å². The first-order valence-corrected chi connectivity index (χ1v) is 22.9. The van der Waals surface area contributed by atoms with Crippen LogP contribution in [0.4, 0.5) is 0 Å². The maximum Gasteiger partial charge on any atom is 0.135 e. The predicted molar refractivity (Wildman–Crippen MR) is 276 cm³/mol. The summed E-state index contributed by atoms with van der Waals surface area (Å²) in [5.41, 5.74) is 21.2. The molecule has 0 amide bonds. The van der Waals surface area contributed by atoms with E-state index < -0.39 is 0 Å². The molecule has 310 valence electrons. The highest BCUT2D eigenvalue weighted by atomic mass is 16.3. The number of benzene rings is 10. The van der Waals surface area contributed by atoms with Gasteiger partial charge in [0.2, 0.25) is 0 Å². The van der Waals surface area contributed by atoms with Crippen molar-refractivity contribution in [1.82, 2.24) is 9.13 Å². The summed E-state index contributed by atoms with van der Waals surface area (Å²) in [7, 11) is 0. The fraction of sp³-hybridized carbons (Fsp3) is 0.0476. The highest BCUT2D eigenvalue weighted by Gasteiger charge is 2.35. The molecular formula is C63H42N2O. The molecule has 0 saturated heterocycles. The molecule has 0 fully saturated rings. The number of fused-ring (bicyclic) bond motifs is 12. The van der Waals surface area contributed by atoms with E-state index in [1.165, 1.54) is 88.2 Å². The molecule has 13 aromatic rings. The molecule has 0 atom stereocenters. The van der Waals surface area contributed by atoms with E-state index in [0.29, 0.717) is 0 Å². The van der Waals surface area contributed by atoms with Gasteiger partial charge in [-0.15, -0.1) is 0 Å². The van der Waals surface area contributed by atoms with Crippen molar-refractivity contribution in [3.8, 4) is 55.9 Å². The molecule has 3 heteroatoms. The third-order valence-corrected chi connectivity index (χ3v) is 14.5. The van der Waals surface area contributed by atoms with Gasteiger partial charge in [-0.25, -0.2) is 0 Å². The quantitative estimate of drug-likeness (QED) is 0.169. The largest absolute Gasteiger partial charge is 0.456 e. The second kappa shape index (κ2) is 13.8. The van der Waals surface area contributed by atoms with Gasteiger partial charge in [0.15, 0.2) is 0 Å². The highest BCUT2D eigenvalue weighted by molar-refractivity contribution is 6.15. The van der Waals surface area contributed by atoms with Crippen LogP contribution < -0.4 is 0 Å². The molecule has 0 N–H and O–H groups in total. The van der Waals surface area contributed by atoms with Crippen molar-refractivity contribution in [2.45, 2.75) is 19.3 Å². The average molecular weight is 843 g/mol. The number of furan rings is 1. The van der Waals surface area contributed by atoms with Crippen LogP contribution in [0.15, 0.2) is 223 Å². The molecule has 66 heavy (non-hydrogen) atoms. The van der Waals surface area contributed by atoms with Crippen LogP contribution in [-0.4, -0.2) is 9.13 Å². The second-order valence-electron chi connectivity index (χ2n) is 18.5. The zero-order valence-electron chi connectivity index (χ0n) is 36.6. The molecule has 0 unspecified atom stereocenters. The third-order valence-electron chi connectivity index (χ3n) is 14.5. The van der Waals surface area contributed by atoms with Crippen LogP contribution in [0, 0.1) is 0 Å². The van der Waals surface area contributed by atoms with Gasteiger partial charge in [-0.05, 0) is 129 Å². The lowest BCUT2D eigenvalue weighted by Crippen LogP contribution is -2.14. The Labute approximate surface area is 382 Å². The zero-order chi connectivity index (χ0) is 43.7. The molecule has 0 spiro atoms. The van der Waals surface area contributed by atoms with Gasteiger partial charge < -0.3 is 13.6 Å². The molecule has 0 radical (unpaired) electrons. The number of hydrogen-bond donors (Lipinski definition) is 0. The summed E-state index contributed by atoms with van der Waals surface area (Å²) in [5, 5.41) is 7.18. The molecule has 3 nitrogen and oxygen atoms in total. The number of nitrogens with zero attached hydrogens (tertiary/aromatic N) is 2. The fourth-order valence-electron chi connectivity index (χ4n) is 11.4. The van der Waals surface area contributed by atoms with E-state index >= 15 is 0 Å². The fourth-order valence-corrected chi connectivity index (χ4v) is 11.4. The Bertz CT molecular complexity index is 4140. The summed E-state index contributed by atoms with van der Waals surface area (Å²) in [6.45, 7) is 4.74. The van der Waals surface area contributed by atoms with Crippen LogP contribution in [0.25, 0.3) is 121 Å². The Kier molecular flexibility index (Phi) is 7.74. The smallest absolute Gasteiger partial charge is 0.135 e. The van der Waals surface area contributed by atoms with Crippen molar-refractivity contribution >= 4 is 65.6 Å². The van der Waals surface area contributed by atoms with E-state index in [1.54, 1.807) is 0 Å². The van der Waals surface area contributed by atoms with Crippen molar-refractivity contribution in [2.24, 2.45) is 0 Å². The predicted octanol–water partition coefficient (Wildman–Crippen LogP) is 17.1. The number of para-hydroxylation sites is 5. The summed E-state index contributed by atoms with van der Waals surface area (Å²) in [6, 6.07) is 80.5. The molecule has 1 aliphatic rings. The second-order valence-corrected chi connectivity index (χ2v) is 18.5. The van der Waals surface area contributed by atoms with Crippen molar-refractivity contribution in [3.63, 3.8) is 0 Å². The minimum absolute atomic E-state index is 0.116. The molecule has 3 heterocycles. The molecular weight excluding hydrogens is 801 g/mol. The maximum atomic E-state index is 6.29. The van der Waals surface area contributed by atoms with Gasteiger partial charge >= 0.3 is 0 Å². The highest BCUT2D eigenvalue weighted by Crippen LogP contribution is 2.50. The Hall–Kier alpha value is -8.40. The summed E-state index contributed by atoms with van der Waals surface area (Å²) < 4.78 is 11.2. The summed E-state index contributed by atoms with van der Waals surface area (Å²) in [6.07, 6.45) is 0. The first-order valence-electron chi connectivity index (χ1n) is 22.9. The van der Waals surface area contributed by atoms with E-state index in [4.69, 9.17) is 4.42 Å². The Balaban J connectivity index is 1.03. The summed E-state index contributed by atoms with van der Waals surface area (Å²) in [4.78, 5) is 0. The Morgan fingerprint density at radius 3 is 1.74 bits per heavy atom. The van der Waals surface area contributed by atoms with E-state index in [2.05, 4.69) is 235 Å². The maximum absolute atomic E-state index is 6.29. The third kappa shape index (κ3) is 5.31. The lowest BCUT2D eigenvalue weighted by atomic mass is 9.81. The van der Waals surface area contributed by atoms with Crippen molar-refractivity contribution in [3.05, 3.63) is 230 Å². The van der Waals surface area contributed by atoms with E-state index in [-0.39, 0.29) is 5.41 Å². The van der Waals surface area contributed by atoms with Gasteiger partial charge in [-0.2, -0.15) is 0 Å². The molecule has 14 rings (SSSR count). The molecule has 1 aliphatic carbocycles. The van der Waals surface area contributed by atoms with E-state index in [1.807, 2.05) is 6.07 Å². The van der Waals surface area contributed by atoms with E-state index in [9.17, 15) is 0 Å². The Morgan fingerprint density at radius 1 is 0.318 bits per heavy atom. The summed E-state index contributed by atoms with van der Waals surface area (Å²) >= 11 is 0. The van der Waals surface area contributed by atoms with Gasteiger partial charge in [0.05, 0.1) is 22.1 Å². The minimum Gasteiger partial charge on any atom is -0.456 e. The lowest BCUT2D eigenvalue weighted by Gasteiger charge is -2.22. The molecule has 10 aromatic carbocycles. The molecule has 0 aliphatic heterocycles. The van der Waals surface area contributed by atoms with Crippen molar-refractivity contribution in [1.29, 1.82) is 0 Å². The number of rotatable bonds is 5. The molecule has 0 bridgehead atoms. The SMILES string of the molecule is CC1(C)c2ccccc2-c2ccc(-c3cc(-c4ccc5c6ccccc6n(-c6ccc7oc8ccccc8c7c6)c5c4)cc(-c4cccc5c6ccccc6n(-c6ccccc6)c45)c3)cc21. The Morgan fingerprint density at radius 2 is 0.909 bits per heavy atom. The van der Waals surface area contributed by atoms with Crippen LogP contribution >= 0.6 is 0 Å². The van der Waals surface area contributed by atoms with Gasteiger partial charge in [-0.3, -0.25) is 0 Å². The van der Waals surface area contributed by atoms with E-state index in [0.717, 1.165) is 44.4 Å². The standard InChI is InChI=1S/C63H42N2O/c1-63(2)55-23-10-6-17-47(55)48-30-27-39(36-56(48)63)41-33-42(35-43(34-41)46-21-14-22-53-50-19-8-12-25-58(50)65(62(46)53)44-15-4-3-5-16-44)40-28-31-51-49-18-7-11-24-57(49)64(59(51)37-40)45-29-32-61-54(38-45)52-20-9-13-26-60(52)66-61/h3-38H,1-2H3.